The van der Waals surface area contributed by atoms with Gasteiger partial charge in [0.1, 0.15) is 5.52 Å². The van der Waals surface area contributed by atoms with Crippen LogP contribution in [0.5, 0.6) is 0 Å². The number of hydrogen-bond acceptors (Lipinski definition) is 3. The summed E-state index contributed by atoms with van der Waals surface area (Å²) in [6.07, 6.45) is 6.27. The van der Waals surface area contributed by atoms with E-state index in [9.17, 15) is 0 Å². The number of nitrogens with zero attached hydrogens (tertiary/aromatic N) is 4. The second-order valence-corrected chi connectivity index (χ2v) is 8.42. The number of rotatable bonds is 3. The lowest BCUT2D eigenvalue weighted by Crippen LogP contribution is -2.29. The molecule has 0 radical (unpaired) electrons. The molecule has 0 spiro atoms. The van der Waals surface area contributed by atoms with Gasteiger partial charge in [0.2, 0.25) is 0 Å². The number of aromatic nitrogens is 4. The average Bonchev–Trinajstić information content (AvgIpc) is 3.41. The molecular weight excluding hydrogens is 382 g/mol. The summed E-state index contributed by atoms with van der Waals surface area (Å²) < 4.78 is 4.51. The molecule has 6 rings (SSSR count). The van der Waals surface area contributed by atoms with Crippen molar-refractivity contribution in [3.8, 4) is 22.6 Å². The zero-order valence-corrected chi connectivity index (χ0v) is 17.6. The second-order valence-electron chi connectivity index (χ2n) is 8.42. The molecule has 2 aromatic carbocycles. The Kier molecular flexibility index (Phi) is 4.35. The predicted molar refractivity (Wildman–Crippen MR) is 126 cm³/mol. The van der Waals surface area contributed by atoms with Gasteiger partial charge in [0.25, 0.3) is 0 Å². The third kappa shape index (κ3) is 3.13. The summed E-state index contributed by atoms with van der Waals surface area (Å²) in [5, 5.41) is 5.97. The minimum Gasteiger partial charge on any atom is -0.348 e. The molecule has 0 aliphatic carbocycles. The normalized spacial score (nSPS) is 15.1. The lowest BCUT2D eigenvalue weighted by molar-refractivity contribution is 0.375. The van der Waals surface area contributed by atoms with Crippen LogP contribution in [-0.4, -0.2) is 32.2 Å². The molecule has 1 N–H and O–H groups in total. The van der Waals surface area contributed by atoms with E-state index < -0.39 is 0 Å². The fraction of sp³-hybridized carbons (Fsp3) is 0.231. The summed E-state index contributed by atoms with van der Waals surface area (Å²) in [5.41, 5.74) is 5.34. The lowest BCUT2D eigenvalue weighted by atomic mass is 10.0. The first kappa shape index (κ1) is 18.3. The number of imidazole rings is 1. The minimum atomic E-state index is 0.412. The van der Waals surface area contributed by atoms with Crippen LogP contribution >= 0.6 is 0 Å². The molecule has 1 saturated heterocycles. The van der Waals surface area contributed by atoms with Crippen LogP contribution in [0, 0.1) is 0 Å². The van der Waals surface area contributed by atoms with Gasteiger partial charge in [-0.1, -0.05) is 36.4 Å². The Morgan fingerprint density at radius 1 is 0.903 bits per heavy atom. The number of pyridine rings is 1. The summed E-state index contributed by atoms with van der Waals surface area (Å²) in [4.78, 5) is 10.0. The van der Waals surface area contributed by atoms with Crippen LogP contribution in [0.2, 0.25) is 0 Å². The maximum Gasteiger partial charge on any atom is 0.160 e. The first-order chi connectivity index (χ1) is 15.3. The standard InChI is InChI=1S/C26H25N5/c1-30-14-4-7-24(30)26-29-23-16-21(20-9-8-18-5-2-3-6-19(18)15-20)17-28-25(23)31(26)22-10-12-27-13-11-22/h2-9,14-17,22,27H,10-13H2,1H3. The van der Waals surface area contributed by atoms with Gasteiger partial charge in [-0.25, -0.2) is 9.97 Å². The van der Waals surface area contributed by atoms with Gasteiger partial charge >= 0.3 is 0 Å². The van der Waals surface area contributed by atoms with Crippen molar-refractivity contribution in [1.82, 2.24) is 24.4 Å². The highest BCUT2D eigenvalue weighted by molar-refractivity contribution is 5.89. The van der Waals surface area contributed by atoms with Crippen molar-refractivity contribution in [2.45, 2.75) is 18.9 Å². The van der Waals surface area contributed by atoms with E-state index in [0.29, 0.717) is 6.04 Å². The Labute approximate surface area is 181 Å². The van der Waals surface area contributed by atoms with Gasteiger partial charge in [-0.3, -0.25) is 0 Å². The fourth-order valence-electron chi connectivity index (χ4n) is 4.79. The van der Waals surface area contributed by atoms with Crippen molar-refractivity contribution in [1.29, 1.82) is 0 Å². The van der Waals surface area contributed by atoms with Crippen molar-refractivity contribution in [3.63, 3.8) is 0 Å². The van der Waals surface area contributed by atoms with E-state index >= 15 is 0 Å². The molecule has 4 heterocycles. The van der Waals surface area contributed by atoms with E-state index in [4.69, 9.17) is 9.97 Å². The summed E-state index contributed by atoms with van der Waals surface area (Å²) in [7, 11) is 2.08. The molecule has 0 unspecified atom stereocenters. The quantitative estimate of drug-likeness (QED) is 0.448. The van der Waals surface area contributed by atoms with Crippen molar-refractivity contribution in [2.75, 3.05) is 13.1 Å². The molecule has 3 aromatic heterocycles. The Morgan fingerprint density at radius 2 is 1.74 bits per heavy atom. The molecule has 1 aliphatic heterocycles. The molecule has 5 heteroatoms. The molecule has 1 fully saturated rings. The first-order valence-electron chi connectivity index (χ1n) is 11.0. The van der Waals surface area contributed by atoms with Crippen LogP contribution in [0.1, 0.15) is 18.9 Å². The number of piperidine rings is 1. The molecule has 31 heavy (non-hydrogen) atoms. The molecule has 0 atom stereocenters. The zero-order chi connectivity index (χ0) is 20.8. The average molecular weight is 408 g/mol. The van der Waals surface area contributed by atoms with Gasteiger partial charge in [-0.05, 0) is 66.5 Å². The number of fused-ring (bicyclic) bond motifs is 2. The maximum absolute atomic E-state index is 5.10. The summed E-state index contributed by atoms with van der Waals surface area (Å²) >= 11 is 0. The number of nitrogens with one attached hydrogen (secondary N) is 1. The largest absolute Gasteiger partial charge is 0.348 e. The van der Waals surface area contributed by atoms with Crippen molar-refractivity contribution in [3.05, 3.63) is 73.1 Å². The van der Waals surface area contributed by atoms with Crippen LogP contribution in [0.4, 0.5) is 0 Å². The lowest BCUT2D eigenvalue weighted by Gasteiger charge is -2.26. The van der Waals surface area contributed by atoms with Gasteiger partial charge in [-0.15, -0.1) is 0 Å². The van der Waals surface area contributed by atoms with E-state index in [1.165, 1.54) is 16.3 Å². The van der Waals surface area contributed by atoms with Gasteiger partial charge in [-0.2, -0.15) is 0 Å². The van der Waals surface area contributed by atoms with Gasteiger partial charge in [0.15, 0.2) is 11.5 Å². The van der Waals surface area contributed by atoms with Crippen molar-refractivity contribution >= 4 is 21.9 Å². The Bertz CT molecular complexity index is 1390. The summed E-state index contributed by atoms with van der Waals surface area (Å²) in [5.74, 6) is 1.01. The molecule has 154 valence electrons. The van der Waals surface area contributed by atoms with Crippen molar-refractivity contribution in [2.24, 2.45) is 7.05 Å². The fourth-order valence-corrected chi connectivity index (χ4v) is 4.79. The first-order valence-corrected chi connectivity index (χ1v) is 11.0. The third-order valence-corrected chi connectivity index (χ3v) is 6.46. The molecular formula is C26H25N5. The van der Waals surface area contributed by atoms with E-state index in [0.717, 1.165) is 54.2 Å². The highest BCUT2D eigenvalue weighted by Gasteiger charge is 2.24. The SMILES string of the molecule is Cn1cccc1-c1nc2cc(-c3ccc4ccccc4c3)cnc2n1C1CCNCC1. The Morgan fingerprint density at radius 3 is 2.55 bits per heavy atom. The van der Waals surface area contributed by atoms with E-state index in [1.807, 2.05) is 6.20 Å². The number of benzene rings is 2. The van der Waals surface area contributed by atoms with Crippen LogP contribution < -0.4 is 5.32 Å². The zero-order valence-electron chi connectivity index (χ0n) is 17.6. The van der Waals surface area contributed by atoms with Crippen molar-refractivity contribution < 1.29 is 0 Å². The van der Waals surface area contributed by atoms with Crippen LogP contribution in [-0.2, 0) is 7.05 Å². The van der Waals surface area contributed by atoms with Crippen LogP contribution in [0.15, 0.2) is 73.1 Å². The second kappa shape index (κ2) is 7.36. The smallest absolute Gasteiger partial charge is 0.160 e. The highest BCUT2D eigenvalue weighted by Crippen LogP contribution is 2.33. The predicted octanol–water partition coefficient (Wildman–Crippen LogP) is 5.18. The summed E-state index contributed by atoms with van der Waals surface area (Å²) in [6, 6.07) is 21.9. The van der Waals surface area contributed by atoms with Gasteiger partial charge < -0.3 is 14.5 Å². The van der Waals surface area contributed by atoms with Crippen LogP contribution in [0.3, 0.4) is 0 Å². The van der Waals surface area contributed by atoms with Gasteiger partial charge in [0.05, 0.1) is 5.69 Å². The summed E-state index contributed by atoms with van der Waals surface area (Å²) in [6.45, 7) is 2.07. The molecule has 0 bridgehead atoms. The minimum absolute atomic E-state index is 0.412. The number of hydrogen-bond donors (Lipinski definition) is 1. The Hall–Kier alpha value is -3.44. The molecule has 0 saturated carbocycles. The monoisotopic (exact) mass is 407 g/mol. The van der Waals surface area contributed by atoms with E-state index in [2.05, 4.69) is 88.4 Å². The third-order valence-electron chi connectivity index (χ3n) is 6.46. The Balaban J connectivity index is 1.52. The number of aryl methyl sites for hydroxylation is 1. The van der Waals surface area contributed by atoms with Crippen LogP contribution in [0.25, 0.3) is 44.6 Å². The highest BCUT2D eigenvalue weighted by atomic mass is 15.2. The molecule has 0 amide bonds. The van der Waals surface area contributed by atoms with E-state index in [-0.39, 0.29) is 0 Å². The molecule has 1 aliphatic rings. The topological polar surface area (TPSA) is 47.7 Å². The molecule has 5 aromatic rings. The van der Waals surface area contributed by atoms with E-state index in [1.54, 1.807) is 0 Å². The van der Waals surface area contributed by atoms with Gasteiger partial charge in [0, 0.05) is 31.0 Å². The molecule has 5 nitrogen and oxygen atoms in total. The maximum atomic E-state index is 5.10.